The van der Waals surface area contributed by atoms with Gasteiger partial charge in [-0.25, -0.2) is 0 Å². The minimum Gasteiger partial charge on any atom is -0.490 e. The lowest BCUT2D eigenvalue weighted by atomic mass is 9.91. The first kappa shape index (κ1) is 21.7. The molecule has 1 fully saturated rings. The lowest BCUT2D eigenvalue weighted by Crippen LogP contribution is -2.53. The zero-order valence-corrected chi connectivity index (χ0v) is 16.5. The Balaban J connectivity index is 0.00000312. The van der Waals surface area contributed by atoms with Gasteiger partial charge in [-0.1, -0.05) is 19.1 Å². The Bertz CT molecular complexity index is 560. The van der Waals surface area contributed by atoms with Crippen molar-refractivity contribution in [3.05, 3.63) is 29.3 Å². The molecule has 1 aliphatic rings. The largest absolute Gasteiger partial charge is 0.490 e. The second kappa shape index (κ2) is 10.00. The molecule has 0 spiro atoms. The normalized spacial score (nSPS) is 17.3. The third-order valence-corrected chi connectivity index (χ3v) is 4.78. The van der Waals surface area contributed by atoms with Crippen molar-refractivity contribution in [3.8, 4) is 5.75 Å². The molecule has 1 atom stereocenters. The molecule has 0 aliphatic carbocycles. The van der Waals surface area contributed by atoms with E-state index in [-0.39, 0.29) is 24.4 Å². The van der Waals surface area contributed by atoms with Crippen LogP contribution in [0.3, 0.4) is 0 Å². The molecule has 2 rings (SSSR count). The summed E-state index contributed by atoms with van der Waals surface area (Å²) in [6.07, 6.45) is 2.48. The molecule has 2 N–H and O–H groups in total. The maximum atomic E-state index is 12.7. The first-order valence-electron chi connectivity index (χ1n) is 8.81. The number of carbonyl (C=O) groups is 1. The number of methoxy groups -OCH3 is 1. The summed E-state index contributed by atoms with van der Waals surface area (Å²) in [5, 5.41) is 6.31. The molecule has 1 aliphatic heterocycles. The summed E-state index contributed by atoms with van der Waals surface area (Å²) in [5.74, 6) is 0.808. The molecule has 1 unspecified atom stereocenters. The number of carbonyl (C=O) groups excluding carboxylic acids is 1. The zero-order valence-electron chi connectivity index (χ0n) is 15.7. The van der Waals surface area contributed by atoms with Crippen molar-refractivity contribution in [2.75, 3.05) is 20.2 Å². The van der Waals surface area contributed by atoms with Crippen molar-refractivity contribution in [1.82, 2.24) is 10.6 Å². The van der Waals surface area contributed by atoms with Gasteiger partial charge in [-0.15, -0.1) is 12.4 Å². The summed E-state index contributed by atoms with van der Waals surface area (Å²) in [6, 6.07) is 6.10. The van der Waals surface area contributed by atoms with Crippen LogP contribution in [0.1, 0.15) is 44.2 Å². The molecule has 1 aromatic rings. The average Bonchev–Trinajstić information content (AvgIpc) is 2.61. The van der Waals surface area contributed by atoms with Crippen molar-refractivity contribution in [3.63, 3.8) is 0 Å². The summed E-state index contributed by atoms with van der Waals surface area (Å²) in [6.45, 7) is 8.24. The first-order chi connectivity index (χ1) is 11.5. The van der Waals surface area contributed by atoms with Crippen LogP contribution in [0.5, 0.6) is 5.75 Å². The monoisotopic (exact) mass is 370 g/mol. The van der Waals surface area contributed by atoms with Crippen LogP contribution in [-0.2, 0) is 16.1 Å². The van der Waals surface area contributed by atoms with Gasteiger partial charge in [-0.2, -0.15) is 0 Å². The van der Waals surface area contributed by atoms with E-state index in [4.69, 9.17) is 9.47 Å². The van der Waals surface area contributed by atoms with E-state index in [2.05, 4.69) is 24.5 Å². The molecule has 0 radical (unpaired) electrons. The average molecular weight is 371 g/mol. The number of aryl methyl sites for hydroxylation is 1. The number of hydrogen-bond donors (Lipinski definition) is 2. The smallest absolute Gasteiger partial charge is 0.252 e. The lowest BCUT2D eigenvalue weighted by Gasteiger charge is -2.34. The van der Waals surface area contributed by atoms with Crippen LogP contribution in [0.15, 0.2) is 18.2 Å². The number of halogens is 1. The fourth-order valence-corrected chi connectivity index (χ4v) is 2.91. The molecule has 0 aromatic heterocycles. The Hall–Kier alpha value is -1.30. The molecule has 5 nitrogen and oxygen atoms in total. The maximum Gasteiger partial charge on any atom is 0.252 e. The van der Waals surface area contributed by atoms with Crippen LogP contribution >= 0.6 is 12.4 Å². The summed E-state index contributed by atoms with van der Waals surface area (Å²) in [5.41, 5.74) is 1.43. The van der Waals surface area contributed by atoms with Gasteiger partial charge in [0.1, 0.15) is 11.4 Å². The molecule has 6 heteroatoms. The number of piperidine rings is 1. The van der Waals surface area contributed by atoms with E-state index in [0.717, 1.165) is 36.4 Å². The van der Waals surface area contributed by atoms with Crippen LogP contribution in [0.4, 0.5) is 0 Å². The molecule has 1 saturated heterocycles. The van der Waals surface area contributed by atoms with E-state index in [0.29, 0.717) is 19.4 Å². The van der Waals surface area contributed by atoms with Crippen LogP contribution in [0.2, 0.25) is 0 Å². The molecular formula is C19H31ClN2O3. The van der Waals surface area contributed by atoms with E-state index in [9.17, 15) is 4.79 Å². The van der Waals surface area contributed by atoms with E-state index in [1.165, 1.54) is 0 Å². The van der Waals surface area contributed by atoms with Crippen molar-refractivity contribution < 1.29 is 14.3 Å². The highest BCUT2D eigenvalue weighted by atomic mass is 35.5. The van der Waals surface area contributed by atoms with Gasteiger partial charge in [0.05, 0.1) is 6.10 Å². The highest BCUT2D eigenvalue weighted by molar-refractivity contribution is 5.85. The number of benzene rings is 1. The SMILES string of the molecule is CCC(C)Oc1cc(C)ccc1CNC(=O)C1(OC)CCNCC1.Cl. The summed E-state index contributed by atoms with van der Waals surface area (Å²) in [7, 11) is 1.62. The summed E-state index contributed by atoms with van der Waals surface area (Å²) < 4.78 is 11.6. The highest BCUT2D eigenvalue weighted by Gasteiger charge is 2.39. The standard InChI is InChI=1S/C19H30N2O3.ClH/c1-5-15(3)24-17-12-14(2)6-7-16(17)13-21-18(22)19(23-4)8-10-20-11-9-19;/h6-7,12,15,20H,5,8-11,13H2,1-4H3,(H,21,22);1H. The van der Waals surface area contributed by atoms with Crippen molar-refractivity contribution >= 4 is 18.3 Å². The maximum absolute atomic E-state index is 12.7. The second-order valence-electron chi connectivity index (χ2n) is 6.58. The third kappa shape index (κ3) is 5.59. The van der Waals surface area contributed by atoms with E-state index < -0.39 is 5.60 Å². The Morgan fingerprint density at radius 2 is 2.04 bits per heavy atom. The lowest BCUT2D eigenvalue weighted by molar-refractivity contribution is -0.146. The van der Waals surface area contributed by atoms with E-state index in [1.807, 2.05) is 25.1 Å². The molecule has 25 heavy (non-hydrogen) atoms. The van der Waals surface area contributed by atoms with Gasteiger partial charge in [-0.3, -0.25) is 4.79 Å². The van der Waals surface area contributed by atoms with Gasteiger partial charge in [0.15, 0.2) is 0 Å². The molecule has 1 aromatic carbocycles. The minimum atomic E-state index is -0.715. The van der Waals surface area contributed by atoms with Gasteiger partial charge in [0.2, 0.25) is 0 Å². The predicted octanol–water partition coefficient (Wildman–Crippen LogP) is 2.98. The number of amides is 1. The fourth-order valence-electron chi connectivity index (χ4n) is 2.91. The van der Waals surface area contributed by atoms with Gasteiger partial charge in [0, 0.05) is 19.2 Å². The Morgan fingerprint density at radius 1 is 1.36 bits per heavy atom. The number of ether oxygens (including phenoxy) is 2. The summed E-state index contributed by atoms with van der Waals surface area (Å²) >= 11 is 0. The summed E-state index contributed by atoms with van der Waals surface area (Å²) in [4.78, 5) is 12.7. The highest BCUT2D eigenvalue weighted by Crippen LogP contribution is 2.25. The van der Waals surface area contributed by atoms with Gasteiger partial charge < -0.3 is 20.1 Å². The Morgan fingerprint density at radius 3 is 2.64 bits per heavy atom. The van der Waals surface area contributed by atoms with Crippen LogP contribution in [-0.4, -0.2) is 37.8 Å². The topological polar surface area (TPSA) is 59.6 Å². The van der Waals surface area contributed by atoms with Crippen molar-refractivity contribution in [2.24, 2.45) is 0 Å². The Kier molecular flexibility index (Phi) is 8.69. The molecule has 142 valence electrons. The van der Waals surface area contributed by atoms with Gasteiger partial charge >= 0.3 is 0 Å². The fraction of sp³-hybridized carbons (Fsp3) is 0.632. The van der Waals surface area contributed by atoms with Crippen LogP contribution in [0.25, 0.3) is 0 Å². The number of hydrogen-bond acceptors (Lipinski definition) is 4. The predicted molar refractivity (Wildman–Crippen MR) is 102 cm³/mol. The number of nitrogens with one attached hydrogen (secondary N) is 2. The van der Waals surface area contributed by atoms with Crippen molar-refractivity contribution in [1.29, 1.82) is 0 Å². The molecule has 1 heterocycles. The van der Waals surface area contributed by atoms with Crippen LogP contribution < -0.4 is 15.4 Å². The zero-order chi connectivity index (χ0) is 17.6. The van der Waals surface area contributed by atoms with Gasteiger partial charge in [-0.05, 0) is 57.8 Å². The molecule has 0 bridgehead atoms. The van der Waals surface area contributed by atoms with Crippen molar-refractivity contribution in [2.45, 2.75) is 58.3 Å². The van der Waals surface area contributed by atoms with Gasteiger partial charge in [0.25, 0.3) is 5.91 Å². The van der Waals surface area contributed by atoms with E-state index >= 15 is 0 Å². The van der Waals surface area contributed by atoms with E-state index in [1.54, 1.807) is 7.11 Å². The molecular weight excluding hydrogens is 340 g/mol. The van der Waals surface area contributed by atoms with Crippen LogP contribution in [0, 0.1) is 6.92 Å². The molecule has 1 amide bonds. The second-order valence-corrected chi connectivity index (χ2v) is 6.58. The quantitative estimate of drug-likeness (QED) is 0.774. The first-order valence-corrected chi connectivity index (χ1v) is 8.81. The molecule has 0 saturated carbocycles. The third-order valence-electron chi connectivity index (χ3n) is 4.78. The minimum absolute atomic E-state index is 0. The number of rotatable bonds is 7. The Labute approximate surface area is 157 Å².